The average molecular weight is 240 g/mol. The van der Waals surface area contributed by atoms with E-state index in [0.29, 0.717) is 13.0 Å². The Morgan fingerprint density at radius 1 is 1.53 bits per heavy atom. The normalized spacial score (nSPS) is 22.6. The van der Waals surface area contributed by atoms with Crippen molar-refractivity contribution in [2.45, 2.75) is 38.6 Å². The van der Waals surface area contributed by atoms with Gasteiger partial charge in [0.15, 0.2) is 0 Å². The number of urea groups is 1. The van der Waals surface area contributed by atoms with Gasteiger partial charge in [-0.2, -0.15) is 10.1 Å². The molecule has 0 aromatic heterocycles. The molecule has 0 saturated carbocycles. The van der Waals surface area contributed by atoms with Crippen molar-refractivity contribution in [3.05, 3.63) is 0 Å². The van der Waals surface area contributed by atoms with Crippen LogP contribution in [-0.2, 0) is 4.79 Å². The van der Waals surface area contributed by atoms with Crippen LogP contribution in [0.1, 0.15) is 33.1 Å². The van der Waals surface area contributed by atoms with Crippen LogP contribution in [0.3, 0.4) is 0 Å². The van der Waals surface area contributed by atoms with Crippen molar-refractivity contribution < 1.29 is 9.59 Å². The zero-order valence-corrected chi connectivity index (χ0v) is 10.6. The molecule has 2 N–H and O–H groups in total. The van der Waals surface area contributed by atoms with Crippen molar-refractivity contribution in [3.63, 3.8) is 0 Å². The van der Waals surface area contributed by atoms with Gasteiger partial charge < -0.3 is 10.6 Å². The Balaban J connectivity index is 2.66. The van der Waals surface area contributed by atoms with Gasteiger partial charge in [-0.25, -0.2) is 4.79 Å². The first-order chi connectivity index (χ1) is 8.06. The highest BCUT2D eigenvalue weighted by atomic mass is 16.2. The highest BCUT2D eigenvalue weighted by Crippen LogP contribution is 2.24. The second kappa shape index (κ2) is 5.65. The summed E-state index contributed by atoms with van der Waals surface area (Å²) in [6.07, 6.45) is 3.99. The van der Waals surface area contributed by atoms with Gasteiger partial charge in [0.25, 0.3) is 0 Å². The van der Waals surface area contributed by atoms with Gasteiger partial charge in [-0.05, 0) is 13.3 Å². The number of nitrogens with zero attached hydrogens (tertiary/aromatic N) is 2. The lowest BCUT2D eigenvalue weighted by atomic mass is 9.98. The lowest BCUT2D eigenvalue weighted by Gasteiger charge is -2.30. The molecule has 0 radical (unpaired) electrons. The van der Waals surface area contributed by atoms with Gasteiger partial charge in [-0.3, -0.25) is 4.79 Å². The lowest BCUT2D eigenvalue weighted by molar-refractivity contribution is -0.130. The lowest BCUT2D eigenvalue weighted by Crippen LogP contribution is -2.56. The van der Waals surface area contributed by atoms with Gasteiger partial charge in [-0.1, -0.05) is 13.3 Å². The van der Waals surface area contributed by atoms with Crippen molar-refractivity contribution in [3.8, 4) is 0 Å². The molecule has 6 nitrogen and oxygen atoms in total. The minimum Gasteiger partial charge on any atom is -0.354 e. The third kappa shape index (κ3) is 2.75. The predicted octanol–water partition coefficient (Wildman–Crippen LogP) is 0.692. The molecule has 0 aliphatic carbocycles. The average Bonchev–Trinajstić information content (AvgIpc) is 2.72. The molecule has 1 unspecified atom stereocenters. The van der Waals surface area contributed by atoms with E-state index in [9.17, 15) is 9.59 Å². The first-order valence-electron chi connectivity index (χ1n) is 5.89. The second-order valence-corrected chi connectivity index (χ2v) is 4.25. The molecule has 1 aliphatic rings. The van der Waals surface area contributed by atoms with Crippen LogP contribution in [0.2, 0.25) is 0 Å². The van der Waals surface area contributed by atoms with E-state index in [1.807, 2.05) is 0 Å². The third-order valence-corrected chi connectivity index (χ3v) is 2.86. The molecule has 0 bridgehead atoms. The molecule has 1 atom stereocenters. The number of amides is 3. The zero-order valence-electron chi connectivity index (χ0n) is 10.6. The minimum absolute atomic E-state index is 0.160. The number of carbonyl (C=O) groups is 2. The number of nitrogens with one attached hydrogen (secondary N) is 2. The highest BCUT2D eigenvalue weighted by Gasteiger charge is 2.44. The van der Waals surface area contributed by atoms with Gasteiger partial charge >= 0.3 is 6.03 Å². The van der Waals surface area contributed by atoms with Crippen LogP contribution in [0.15, 0.2) is 5.10 Å². The Morgan fingerprint density at radius 3 is 2.82 bits per heavy atom. The van der Waals surface area contributed by atoms with Crippen molar-refractivity contribution in [1.29, 1.82) is 0 Å². The third-order valence-electron chi connectivity index (χ3n) is 2.86. The van der Waals surface area contributed by atoms with E-state index in [-0.39, 0.29) is 11.9 Å². The van der Waals surface area contributed by atoms with Gasteiger partial charge in [0.2, 0.25) is 5.91 Å². The highest BCUT2D eigenvalue weighted by molar-refractivity contribution is 5.94. The molecule has 1 rings (SSSR count). The summed E-state index contributed by atoms with van der Waals surface area (Å²) in [7, 11) is 1.52. The summed E-state index contributed by atoms with van der Waals surface area (Å²) in [5.74, 6) is -0.160. The summed E-state index contributed by atoms with van der Waals surface area (Å²) in [5, 5.41) is 10.5. The number of hydrogen-bond acceptors (Lipinski definition) is 3. The summed E-state index contributed by atoms with van der Waals surface area (Å²) < 4.78 is 0. The topological polar surface area (TPSA) is 73.8 Å². The van der Waals surface area contributed by atoms with Gasteiger partial charge in [-0.15, -0.1) is 0 Å². The molecule has 0 aromatic carbocycles. The Labute approximate surface area is 101 Å². The number of hydrogen-bond donors (Lipinski definition) is 2. The Hall–Kier alpha value is -1.59. The molecular formula is C11H20N4O2. The van der Waals surface area contributed by atoms with Crippen LogP contribution in [-0.4, -0.2) is 42.3 Å². The van der Waals surface area contributed by atoms with E-state index in [0.717, 1.165) is 12.8 Å². The van der Waals surface area contributed by atoms with E-state index in [2.05, 4.69) is 22.7 Å². The van der Waals surface area contributed by atoms with Gasteiger partial charge in [0.1, 0.15) is 5.54 Å². The van der Waals surface area contributed by atoms with Crippen LogP contribution < -0.4 is 10.6 Å². The molecule has 1 aliphatic heterocycles. The fourth-order valence-corrected chi connectivity index (χ4v) is 1.65. The monoisotopic (exact) mass is 240 g/mol. The van der Waals surface area contributed by atoms with Gasteiger partial charge in [0.05, 0.1) is 0 Å². The fraction of sp³-hybridized carbons (Fsp3) is 0.727. The van der Waals surface area contributed by atoms with Gasteiger partial charge in [0, 0.05) is 26.2 Å². The number of carbonyl (C=O) groups excluding carboxylic acids is 2. The maximum Gasteiger partial charge on any atom is 0.338 e. The summed E-state index contributed by atoms with van der Waals surface area (Å²) in [6.45, 7) is 4.41. The quantitative estimate of drug-likeness (QED) is 0.710. The summed E-state index contributed by atoms with van der Waals surface area (Å²) in [6, 6.07) is -0.369. The Morgan fingerprint density at radius 2 is 2.24 bits per heavy atom. The van der Waals surface area contributed by atoms with Crippen molar-refractivity contribution in [2.24, 2.45) is 5.10 Å². The molecule has 96 valence electrons. The van der Waals surface area contributed by atoms with E-state index >= 15 is 0 Å². The van der Waals surface area contributed by atoms with Crippen LogP contribution >= 0.6 is 0 Å². The Bertz CT molecular complexity index is 329. The largest absolute Gasteiger partial charge is 0.354 e. The van der Waals surface area contributed by atoms with Crippen LogP contribution in [0.25, 0.3) is 0 Å². The van der Waals surface area contributed by atoms with Crippen LogP contribution in [0.5, 0.6) is 0 Å². The van der Waals surface area contributed by atoms with E-state index in [1.165, 1.54) is 12.1 Å². The van der Waals surface area contributed by atoms with Crippen molar-refractivity contribution in [2.75, 3.05) is 13.6 Å². The molecule has 3 amide bonds. The molecular weight excluding hydrogens is 220 g/mol. The standard InChI is InChI=1S/C11H20N4O2/c1-4-5-7-13-9(16)11(2)6-8-14-15(11)10(17)12-3/h8H,4-7H2,1-3H3,(H,12,17)(H,13,16). The first-order valence-corrected chi connectivity index (χ1v) is 5.89. The molecule has 0 saturated heterocycles. The summed E-state index contributed by atoms with van der Waals surface area (Å²) in [5.41, 5.74) is -0.909. The zero-order chi connectivity index (χ0) is 12.9. The maximum absolute atomic E-state index is 12.1. The second-order valence-electron chi connectivity index (χ2n) is 4.25. The fourth-order valence-electron chi connectivity index (χ4n) is 1.65. The molecule has 0 spiro atoms. The SMILES string of the molecule is CCCCNC(=O)C1(C)CC=NN1C(=O)NC. The van der Waals surface area contributed by atoms with Crippen molar-refractivity contribution >= 4 is 18.2 Å². The van der Waals surface area contributed by atoms with E-state index in [1.54, 1.807) is 13.1 Å². The van der Waals surface area contributed by atoms with Crippen LogP contribution in [0, 0.1) is 0 Å². The summed E-state index contributed by atoms with van der Waals surface area (Å²) in [4.78, 5) is 23.6. The number of hydrazone groups is 1. The minimum atomic E-state index is -0.909. The smallest absolute Gasteiger partial charge is 0.338 e. The number of unbranched alkanes of at least 4 members (excludes halogenated alkanes) is 1. The van der Waals surface area contributed by atoms with E-state index < -0.39 is 5.54 Å². The van der Waals surface area contributed by atoms with Crippen LogP contribution in [0.4, 0.5) is 4.79 Å². The number of rotatable bonds is 4. The maximum atomic E-state index is 12.1. The molecule has 17 heavy (non-hydrogen) atoms. The summed E-state index contributed by atoms with van der Waals surface area (Å²) >= 11 is 0. The molecule has 0 fully saturated rings. The molecule has 6 heteroatoms. The van der Waals surface area contributed by atoms with E-state index in [4.69, 9.17) is 0 Å². The van der Waals surface area contributed by atoms with Crippen molar-refractivity contribution in [1.82, 2.24) is 15.6 Å². The molecule has 0 aromatic rings. The Kier molecular flexibility index (Phi) is 4.48. The molecule has 1 heterocycles. The first kappa shape index (κ1) is 13.5. The predicted molar refractivity (Wildman–Crippen MR) is 65.7 cm³/mol.